The Morgan fingerprint density at radius 2 is 2.00 bits per heavy atom. The summed E-state index contributed by atoms with van der Waals surface area (Å²) in [5, 5.41) is 16.8. The standard InChI is InChI=1S/C18H14ClN3O6/c1-10(23)21-18(12-4-3-5-13(19)8-12)28-17(20-21)15-9-14(22(25)26)6-7-16(15)27-11(2)24/h3-9,18H,1-2H3/t18-/m0/s1. The number of carbonyl (C=O) groups is 2. The highest BCUT2D eigenvalue weighted by atomic mass is 35.5. The van der Waals surface area contributed by atoms with Crippen LogP contribution in [-0.4, -0.2) is 27.7 Å². The topological polar surface area (TPSA) is 111 Å². The molecule has 144 valence electrons. The molecule has 0 unspecified atom stereocenters. The van der Waals surface area contributed by atoms with Gasteiger partial charge < -0.3 is 9.47 Å². The second-order valence-corrected chi connectivity index (χ2v) is 6.26. The molecule has 0 spiro atoms. The van der Waals surface area contributed by atoms with Gasteiger partial charge in [0.15, 0.2) is 0 Å². The predicted octanol–water partition coefficient (Wildman–Crippen LogP) is 3.41. The summed E-state index contributed by atoms with van der Waals surface area (Å²) in [6.45, 7) is 2.49. The quantitative estimate of drug-likeness (QED) is 0.334. The van der Waals surface area contributed by atoms with Gasteiger partial charge in [0.1, 0.15) is 5.75 Å². The lowest BCUT2D eigenvalue weighted by Crippen LogP contribution is -2.25. The van der Waals surface area contributed by atoms with Gasteiger partial charge in [-0.1, -0.05) is 23.7 Å². The van der Waals surface area contributed by atoms with Gasteiger partial charge in [-0.25, -0.2) is 0 Å². The monoisotopic (exact) mass is 403 g/mol. The summed E-state index contributed by atoms with van der Waals surface area (Å²) in [6, 6.07) is 10.3. The van der Waals surface area contributed by atoms with Crippen molar-refractivity contribution in [3.8, 4) is 5.75 Å². The molecule has 0 bridgehead atoms. The summed E-state index contributed by atoms with van der Waals surface area (Å²) < 4.78 is 10.9. The molecular formula is C18H14ClN3O6. The molecule has 1 aliphatic heterocycles. The van der Waals surface area contributed by atoms with Crippen molar-refractivity contribution in [1.82, 2.24) is 5.01 Å². The maximum atomic E-state index is 12.0. The maximum absolute atomic E-state index is 12.0. The molecule has 1 heterocycles. The fourth-order valence-corrected chi connectivity index (χ4v) is 2.79. The van der Waals surface area contributed by atoms with E-state index >= 15 is 0 Å². The summed E-state index contributed by atoms with van der Waals surface area (Å²) in [4.78, 5) is 34.0. The minimum absolute atomic E-state index is 0.0205. The zero-order valence-electron chi connectivity index (χ0n) is 14.8. The van der Waals surface area contributed by atoms with Crippen LogP contribution in [-0.2, 0) is 14.3 Å². The Morgan fingerprint density at radius 3 is 2.61 bits per heavy atom. The van der Waals surface area contributed by atoms with Gasteiger partial charge in [0.05, 0.1) is 10.5 Å². The fourth-order valence-electron chi connectivity index (χ4n) is 2.59. The number of halogens is 1. The van der Waals surface area contributed by atoms with Crippen LogP contribution in [0.2, 0.25) is 5.02 Å². The van der Waals surface area contributed by atoms with E-state index in [9.17, 15) is 19.7 Å². The molecule has 3 rings (SSSR count). The first-order valence-electron chi connectivity index (χ1n) is 8.04. The molecule has 28 heavy (non-hydrogen) atoms. The van der Waals surface area contributed by atoms with E-state index in [1.807, 2.05) is 0 Å². The number of hydrogen-bond acceptors (Lipinski definition) is 7. The van der Waals surface area contributed by atoms with Gasteiger partial charge >= 0.3 is 5.97 Å². The molecule has 0 radical (unpaired) electrons. The summed E-state index contributed by atoms with van der Waals surface area (Å²) in [5.41, 5.74) is 0.374. The smallest absolute Gasteiger partial charge is 0.308 e. The summed E-state index contributed by atoms with van der Waals surface area (Å²) in [5.74, 6) is -1.12. The number of amides is 1. The number of non-ortho nitro benzene ring substituents is 1. The summed E-state index contributed by atoms with van der Waals surface area (Å²) >= 11 is 6.01. The van der Waals surface area contributed by atoms with Crippen LogP contribution in [0.15, 0.2) is 47.6 Å². The van der Waals surface area contributed by atoms with Crippen molar-refractivity contribution in [1.29, 1.82) is 0 Å². The molecule has 1 aliphatic rings. The summed E-state index contributed by atoms with van der Waals surface area (Å²) in [6.07, 6.45) is -0.921. The molecule has 2 aromatic carbocycles. The second-order valence-electron chi connectivity index (χ2n) is 5.83. The molecule has 0 saturated heterocycles. The molecule has 0 N–H and O–H groups in total. The Labute approximate surface area is 164 Å². The van der Waals surface area contributed by atoms with E-state index in [0.717, 1.165) is 11.1 Å². The highest BCUT2D eigenvalue weighted by Crippen LogP contribution is 2.35. The van der Waals surface area contributed by atoms with Gasteiger partial charge in [-0.05, 0) is 18.2 Å². The van der Waals surface area contributed by atoms with E-state index in [0.29, 0.717) is 10.6 Å². The average molecular weight is 404 g/mol. The zero-order valence-corrected chi connectivity index (χ0v) is 15.5. The third-order valence-corrected chi connectivity index (χ3v) is 3.99. The number of rotatable bonds is 4. The Kier molecular flexibility index (Phi) is 5.27. The maximum Gasteiger partial charge on any atom is 0.308 e. The van der Waals surface area contributed by atoms with Crippen molar-refractivity contribution in [2.45, 2.75) is 20.1 Å². The number of nitro groups is 1. The Morgan fingerprint density at radius 1 is 1.25 bits per heavy atom. The normalized spacial score (nSPS) is 15.6. The number of nitro benzene ring substituents is 1. The van der Waals surface area contributed by atoms with E-state index < -0.39 is 23.0 Å². The van der Waals surface area contributed by atoms with Gasteiger partial charge in [-0.2, -0.15) is 5.01 Å². The van der Waals surface area contributed by atoms with Gasteiger partial charge in [0, 0.05) is 36.6 Å². The number of esters is 1. The molecular weight excluding hydrogens is 390 g/mol. The number of benzene rings is 2. The SMILES string of the molecule is CC(=O)Oc1ccc([N+](=O)[O-])cc1C1=NN(C(C)=O)[C@H](c2cccc(Cl)c2)O1. The van der Waals surface area contributed by atoms with Crippen LogP contribution in [0.4, 0.5) is 5.69 Å². The Balaban J connectivity index is 2.06. The fraction of sp³-hybridized carbons (Fsp3) is 0.167. The van der Waals surface area contributed by atoms with E-state index in [4.69, 9.17) is 21.1 Å². The zero-order chi connectivity index (χ0) is 20.4. The van der Waals surface area contributed by atoms with Crippen molar-refractivity contribution < 1.29 is 24.0 Å². The number of nitrogens with zero attached hydrogens (tertiary/aromatic N) is 3. The van der Waals surface area contributed by atoms with E-state index in [1.165, 1.54) is 26.0 Å². The van der Waals surface area contributed by atoms with Crippen LogP contribution in [0.1, 0.15) is 31.2 Å². The molecule has 10 heteroatoms. The van der Waals surface area contributed by atoms with E-state index in [1.54, 1.807) is 24.3 Å². The molecule has 2 aromatic rings. The van der Waals surface area contributed by atoms with Gasteiger partial charge in [-0.3, -0.25) is 19.7 Å². The first-order chi connectivity index (χ1) is 13.3. The van der Waals surface area contributed by atoms with Crippen LogP contribution < -0.4 is 4.74 Å². The lowest BCUT2D eigenvalue weighted by atomic mass is 10.1. The van der Waals surface area contributed by atoms with Gasteiger partial charge in [-0.15, -0.1) is 5.10 Å². The number of hydrogen-bond donors (Lipinski definition) is 0. The Bertz CT molecular complexity index is 1010. The second kappa shape index (κ2) is 7.65. The summed E-state index contributed by atoms with van der Waals surface area (Å²) in [7, 11) is 0. The van der Waals surface area contributed by atoms with Crippen LogP contribution in [0.3, 0.4) is 0 Å². The van der Waals surface area contributed by atoms with Crippen molar-refractivity contribution in [3.63, 3.8) is 0 Å². The third kappa shape index (κ3) is 3.94. The number of ether oxygens (including phenoxy) is 2. The third-order valence-electron chi connectivity index (χ3n) is 3.76. The molecule has 9 nitrogen and oxygen atoms in total. The van der Waals surface area contributed by atoms with Crippen molar-refractivity contribution in [2.75, 3.05) is 0 Å². The van der Waals surface area contributed by atoms with Crippen molar-refractivity contribution in [2.24, 2.45) is 5.10 Å². The minimum atomic E-state index is -0.921. The highest BCUT2D eigenvalue weighted by Gasteiger charge is 2.35. The largest absolute Gasteiger partial charge is 0.446 e. The predicted molar refractivity (Wildman–Crippen MR) is 98.7 cm³/mol. The van der Waals surface area contributed by atoms with Gasteiger partial charge in [0.25, 0.3) is 5.69 Å². The van der Waals surface area contributed by atoms with Crippen LogP contribution >= 0.6 is 11.6 Å². The minimum Gasteiger partial charge on any atom is -0.446 e. The molecule has 1 amide bonds. The highest BCUT2D eigenvalue weighted by molar-refractivity contribution is 6.30. The molecule has 0 aliphatic carbocycles. The lowest BCUT2D eigenvalue weighted by Gasteiger charge is -2.19. The number of carbonyl (C=O) groups excluding carboxylic acids is 2. The first kappa shape index (κ1) is 19.3. The molecule has 1 atom stereocenters. The lowest BCUT2D eigenvalue weighted by molar-refractivity contribution is -0.384. The molecule has 0 aromatic heterocycles. The van der Waals surface area contributed by atoms with Crippen LogP contribution in [0, 0.1) is 10.1 Å². The molecule has 0 saturated carbocycles. The average Bonchev–Trinajstić information content (AvgIpc) is 3.07. The van der Waals surface area contributed by atoms with Crippen molar-refractivity contribution in [3.05, 3.63) is 68.7 Å². The van der Waals surface area contributed by atoms with E-state index in [-0.39, 0.29) is 22.9 Å². The van der Waals surface area contributed by atoms with Crippen molar-refractivity contribution >= 4 is 35.1 Å². The first-order valence-corrected chi connectivity index (χ1v) is 8.42. The van der Waals surface area contributed by atoms with Crippen LogP contribution in [0.25, 0.3) is 0 Å². The Hall–Kier alpha value is -3.46. The van der Waals surface area contributed by atoms with E-state index in [2.05, 4.69) is 5.10 Å². The van der Waals surface area contributed by atoms with Gasteiger partial charge in [0.2, 0.25) is 18.0 Å². The molecule has 0 fully saturated rings. The number of hydrazone groups is 1. The van der Waals surface area contributed by atoms with Crippen LogP contribution in [0.5, 0.6) is 5.75 Å².